The molecule has 2 aromatic rings. The number of nitrogens with one attached hydrogen (secondary N) is 1. The largest absolute Gasteiger partial charge is 0.494 e. The van der Waals surface area contributed by atoms with Crippen molar-refractivity contribution in [3.8, 4) is 5.75 Å². The van der Waals surface area contributed by atoms with Crippen LogP contribution in [0.25, 0.3) is 0 Å². The number of amides is 2. The zero-order valence-electron chi connectivity index (χ0n) is 21.4. The molecule has 0 aliphatic carbocycles. The molecule has 0 heterocycles. The van der Waals surface area contributed by atoms with Crippen LogP contribution < -0.4 is 14.4 Å². The molecular weight excluding hydrogens is 502 g/mol. The van der Waals surface area contributed by atoms with Crippen molar-refractivity contribution in [2.45, 2.75) is 52.6 Å². The number of nitrogens with zero attached hydrogens (tertiary/aromatic N) is 2. The second-order valence-corrected chi connectivity index (χ2v) is 10.7. The average molecular weight is 538 g/mol. The summed E-state index contributed by atoms with van der Waals surface area (Å²) >= 11 is 6.00. The Morgan fingerprint density at radius 3 is 2.19 bits per heavy atom. The van der Waals surface area contributed by atoms with E-state index in [0.717, 1.165) is 11.8 Å². The molecule has 0 saturated heterocycles. The molecule has 0 fully saturated rings. The number of halogens is 1. The maximum Gasteiger partial charge on any atom is 0.242 e. The van der Waals surface area contributed by atoms with Gasteiger partial charge in [-0.25, -0.2) is 8.42 Å². The predicted octanol–water partition coefficient (Wildman–Crippen LogP) is 4.23. The first-order valence-electron chi connectivity index (χ1n) is 12.1. The van der Waals surface area contributed by atoms with Gasteiger partial charge in [0.1, 0.15) is 11.8 Å². The van der Waals surface area contributed by atoms with Crippen LogP contribution >= 0.6 is 11.6 Å². The first kappa shape index (κ1) is 29.5. The Balaban J connectivity index is 2.17. The van der Waals surface area contributed by atoms with E-state index in [1.165, 1.54) is 4.31 Å². The highest BCUT2D eigenvalue weighted by Gasteiger charge is 2.28. The molecular formula is C26H36ClN3O5S. The Kier molecular flexibility index (Phi) is 11.5. The number of carbonyl (C=O) groups is 2. The quantitative estimate of drug-likeness (QED) is 0.389. The van der Waals surface area contributed by atoms with Crippen LogP contribution in [0.3, 0.4) is 0 Å². The van der Waals surface area contributed by atoms with Crippen LogP contribution in [0.1, 0.15) is 45.6 Å². The number of hydrogen-bond acceptors (Lipinski definition) is 5. The maximum atomic E-state index is 13.3. The molecule has 0 aliphatic rings. The number of carbonyl (C=O) groups excluding carboxylic acids is 2. The molecule has 0 spiro atoms. The highest BCUT2D eigenvalue weighted by molar-refractivity contribution is 7.92. The third-order valence-electron chi connectivity index (χ3n) is 5.59. The van der Waals surface area contributed by atoms with Crippen molar-refractivity contribution in [2.24, 2.45) is 0 Å². The minimum Gasteiger partial charge on any atom is -0.494 e. The number of anilines is 1. The Morgan fingerprint density at radius 2 is 1.67 bits per heavy atom. The van der Waals surface area contributed by atoms with Crippen LogP contribution in [0.4, 0.5) is 5.69 Å². The molecule has 1 N–H and O–H groups in total. The van der Waals surface area contributed by atoms with Gasteiger partial charge in [-0.2, -0.15) is 0 Å². The highest BCUT2D eigenvalue weighted by atomic mass is 35.5. The molecule has 198 valence electrons. The van der Waals surface area contributed by atoms with Gasteiger partial charge in [0, 0.05) is 31.1 Å². The smallest absolute Gasteiger partial charge is 0.242 e. The van der Waals surface area contributed by atoms with E-state index < -0.39 is 16.1 Å². The van der Waals surface area contributed by atoms with Crippen molar-refractivity contribution in [1.29, 1.82) is 0 Å². The normalized spacial score (nSPS) is 12.0. The van der Waals surface area contributed by atoms with Crippen molar-refractivity contribution < 1.29 is 22.7 Å². The molecule has 0 radical (unpaired) electrons. The summed E-state index contributed by atoms with van der Waals surface area (Å²) in [5.41, 5.74) is 1.35. The fourth-order valence-corrected chi connectivity index (χ4v) is 4.97. The Labute approximate surface area is 219 Å². The fourth-order valence-electron chi connectivity index (χ4n) is 3.88. The Hall–Kier alpha value is -2.78. The predicted molar refractivity (Wildman–Crippen MR) is 144 cm³/mol. The Bertz CT molecular complexity index is 1090. The van der Waals surface area contributed by atoms with Crippen molar-refractivity contribution in [2.75, 3.05) is 30.3 Å². The SMILES string of the molecule is CCNC(=O)[C@H](CC)N(Cc1ccc(Cl)cc1)C(=O)CCCN(c1ccc(OCC)cc1)S(C)(=O)=O. The third kappa shape index (κ3) is 8.71. The fraction of sp³-hybridized carbons (Fsp3) is 0.462. The second kappa shape index (κ2) is 14.1. The van der Waals surface area contributed by atoms with E-state index in [-0.39, 0.29) is 31.3 Å². The van der Waals surface area contributed by atoms with Gasteiger partial charge in [-0.1, -0.05) is 30.7 Å². The van der Waals surface area contributed by atoms with Crippen molar-refractivity contribution in [3.05, 3.63) is 59.1 Å². The minimum absolute atomic E-state index is 0.0898. The molecule has 10 heteroatoms. The number of sulfonamides is 1. The van der Waals surface area contributed by atoms with E-state index in [0.29, 0.717) is 42.5 Å². The van der Waals surface area contributed by atoms with Crippen molar-refractivity contribution in [1.82, 2.24) is 10.2 Å². The van der Waals surface area contributed by atoms with E-state index in [1.807, 2.05) is 32.9 Å². The van der Waals surface area contributed by atoms with E-state index >= 15 is 0 Å². The Morgan fingerprint density at radius 1 is 1.03 bits per heavy atom. The van der Waals surface area contributed by atoms with Gasteiger partial charge in [0.05, 0.1) is 18.6 Å². The first-order chi connectivity index (χ1) is 17.1. The number of benzene rings is 2. The van der Waals surface area contributed by atoms with Gasteiger partial charge < -0.3 is 15.0 Å². The number of hydrogen-bond donors (Lipinski definition) is 1. The van der Waals surface area contributed by atoms with Crippen LogP contribution in [-0.4, -0.2) is 57.1 Å². The summed E-state index contributed by atoms with van der Waals surface area (Å²) in [6.45, 7) is 6.92. The molecule has 2 aromatic carbocycles. The van der Waals surface area contributed by atoms with Gasteiger partial charge >= 0.3 is 0 Å². The van der Waals surface area contributed by atoms with Crippen LogP contribution in [0.15, 0.2) is 48.5 Å². The molecule has 2 rings (SSSR count). The molecule has 0 aliphatic heterocycles. The monoisotopic (exact) mass is 537 g/mol. The minimum atomic E-state index is -3.56. The van der Waals surface area contributed by atoms with Gasteiger partial charge in [-0.3, -0.25) is 13.9 Å². The van der Waals surface area contributed by atoms with E-state index in [9.17, 15) is 18.0 Å². The molecule has 0 aromatic heterocycles. The van der Waals surface area contributed by atoms with Crippen molar-refractivity contribution >= 4 is 39.1 Å². The third-order valence-corrected chi connectivity index (χ3v) is 7.04. The second-order valence-electron chi connectivity index (χ2n) is 8.33. The maximum absolute atomic E-state index is 13.3. The van der Waals surface area contributed by atoms with Gasteiger partial charge in [-0.05, 0) is 68.7 Å². The van der Waals surface area contributed by atoms with Crippen molar-refractivity contribution in [3.63, 3.8) is 0 Å². The summed E-state index contributed by atoms with van der Waals surface area (Å²) in [5.74, 6) is 0.219. The summed E-state index contributed by atoms with van der Waals surface area (Å²) in [4.78, 5) is 27.6. The van der Waals surface area contributed by atoms with Crippen LogP contribution in [0.2, 0.25) is 5.02 Å². The lowest BCUT2D eigenvalue weighted by Gasteiger charge is -2.31. The zero-order chi connectivity index (χ0) is 26.7. The van der Waals surface area contributed by atoms with Gasteiger partial charge in [0.2, 0.25) is 21.8 Å². The molecule has 0 saturated carbocycles. The standard InChI is InChI=1S/C26H36ClN3O5S/c1-5-24(26(32)28-6-2)29(19-20-10-12-21(27)13-11-20)25(31)9-8-18-30(36(4,33)34)22-14-16-23(17-15-22)35-7-3/h10-17,24H,5-9,18-19H2,1-4H3,(H,28,32)/t24-/m0/s1. The van der Waals surface area contributed by atoms with Crippen LogP contribution in [0, 0.1) is 0 Å². The van der Waals surface area contributed by atoms with Gasteiger partial charge in [-0.15, -0.1) is 0 Å². The molecule has 36 heavy (non-hydrogen) atoms. The van der Waals surface area contributed by atoms with E-state index in [1.54, 1.807) is 41.3 Å². The summed E-state index contributed by atoms with van der Waals surface area (Å²) in [6.07, 6.45) is 1.97. The van der Waals surface area contributed by atoms with E-state index in [4.69, 9.17) is 16.3 Å². The van der Waals surface area contributed by atoms with Gasteiger partial charge in [0.25, 0.3) is 0 Å². The molecule has 0 bridgehead atoms. The molecule has 1 atom stereocenters. The van der Waals surface area contributed by atoms with Crippen LogP contribution in [0.5, 0.6) is 5.75 Å². The molecule has 0 unspecified atom stereocenters. The lowest BCUT2D eigenvalue weighted by Crippen LogP contribution is -2.49. The summed E-state index contributed by atoms with van der Waals surface area (Å²) in [6, 6.07) is 13.3. The van der Waals surface area contributed by atoms with Gasteiger partial charge in [0.15, 0.2) is 0 Å². The molecule has 2 amide bonds. The molecule has 8 nitrogen and oxygen atoms in total. The topological polar surface area (TPSA) is 96.0 Å². The highest BCUT2D eigenvalue weighted by Crippen LogP contribution is 2.23. The summed E-state index contributed by atoms with van der Waals surface area (Å²) < 4.78 is 31.7. The number of ether oxygens (including phenoxy) is 1. The summed E-state index contributed by atoms with van der Waals surface area (Å²) in [7, 11) is -3.56. The zero-order valence-corrected chi connectivity index (χ0v) is 22.9. The van der Waals surface area contributed by atoms with E-state index in [2.05, 4.69) is 5.32 Å². The lowest BCUT2D eigenvalue weighted by molar-refractivity contribution is -0.141. The number of likely N-dealkylation sites (N-methyl/N-ethyl adjacent to an activating group) is 1. The van der Waals surface area contributed by atoms with Crippen LogP contribution in [-0.2, 0) is 26.2 Å². The first-order valence-corrected chi connectivity index (χ1v) is 14.3. The summed E-state index contributed by atoms with van der Waals surface area (Å²) in [5, 5.41) is 3.39. The number of rotatable bonds is 14. The lowest BCUT2D eigenvalue weighted by atomic mass is 10.1. The average Bonchev–Trinajstić information content (AvgIpc) is 2.83.